The average molecular weight is 319 g/mol. The molecule has 1 saturated heterocycles. The van der Waals surface area contributed by atoms with E-state index in [1.807, 2.05) is 25.1 Å². The van der Waals surface area contributed by atoms with Crippen molar-refractivity contribution in [2.24, 2.45) is 11.8 Å². The van der Waals surface area contributed by atoms with Gasteiger partial charge in [-0.05, 0) is 25.0 Å². The summed E-state index contributed by atoms with van der Waals surface area (Å²) in [4.78, 5) is 22.8. The molecule has 0 spiro atoms. The topological polar surface area (TPSA) is 84.9 Å². The maximum Gasteiger partial charge on any atom is 0.307 e. The fourth-order valence-corrected chi connectivity index (χ4v) is 2.77. The number of rotatable bonds is 6. The van der Waals surface area contributed by atoms with Gasteiger partial charge in [-0.2, -0.15) is 0 Å². The van der Waals surface area contributed by atoms with E-state index in [0.717, 1.165) is 23.3 Å². The minimum atomic E-state index is -0.897. The second-order valence-corrected chi connectivity index (χ2v) is 6.22. The lowest BCUT2D eigenvalue weighted by molar-refractivity contribution is -0.140. The number of ether oxygens (including phenoxy) is 2. The average Bonchev–Trinajstić information content (AvgIpc) is 3.17. The van der Waals surface area contributed by atoms with Crippen LogP contribution in [0.4, 0.5) is 0 Å². The molecule has 6 nitrogen and oxygen atoms in total. The molecular formula is C17H21NO5. The molecule has 3 unspecified atom stereocenters. The number of carbonyl (C=O) groups is 2. The van der Waals surface area contributed by atoms with Crippen LogP contribution in [-0.2, 0) is 20.9 Å². The van der Waals surface area contributed by atoms with Crippen LogP contribution < -0.4 is 10.1 Å². The normalized spacial score (nSPS) is 25.9. The number of benzene rings is 1. The first-order chi connectivity index (χ1) is 11.0. The summed E-state index contributed by atoms with van der Waals surface area (Å²) >= 11 is 0. The zero-order chi connectivity index (χ0) is 16.4. The van der Waals surface area contributed by atoms with E-state index < -0.39 is 17.8 Å². The van der Waals surface area contributed by atoms with Gasteiger partial charge in [0.15, 0.2) is 0 Å². The lowest BCUT2D eigenvalue weighted by atomic mass is 10.1. The molecule has 1 aliphatic heterocycles. The van der Waals surface area contributed by atoms with Crippen molar-refractivity contribution in [3.05, 3.63) is 29.3 Å². The fourth-order valence-electron chi connectivity index (χ4n) is 2.77. The fraction of sp³-hybridized carbons (Fsp3) is 0.529. The molecule has 2 fully saturated rings. The van der Waals surface area contributed by atoms with Gasteiger partial charge >= 0.3 is 5.97 Å². The summed E-state index contributed by atoms with van der Waals surface area (Å²) in [6, 6.07) is 5.86. The number of carboxylic acid groups (broad SMARTS) is 1. The summed E-state index contributed by atoms with van der Waals surface area (Å²) in [5.74, 6) is -1.27. The molecule has 3 rings (SSSR count). The first-order valence-electron chi connectivity index (χ1n) is 7.89. The molecule has 1 saturated carbocycles. The summed E-state index contributed by atoms with van der Waals surface area (Å²) < 4.78 is 11.3. The van der Waals surface area contributed by atoms with E-state index >= 15 is 0 Å². The van der Waals surface area contributed by atoms with Crippen LogP contribution in [0.5, 0.6) is 5.75 Å². The lowest BCUT2D eigenvalue weighted by Crippen LogP contribution is -2.26. The van der Waals surface area contributed by atoms with E-state index in [-0.39, 0.29) is 12.0 Å². The predicted molar refractivity (Wildman–Crippen MR) is 82.1 cm³/mol. The highest BCUT2D eigenvalue weighted by atomic mass is 16.5. The highest BCUT2D eigenvalue weighted by Gasteiger charge is 2.48. The van der Waals surface area contributed by atoms with E-state index in [0.29, 0.717) is 26.2 Å². The van der Waals surface area contributed by atoms with Crippen molar-refractivity contribution >= 4 is 11.9 Å². The lowest BCUT2D eigenvalue weighted by Gasteiger charge is -2.16. The van der Waals surface area contributed by atoms with Gasteiger partial charge in [-0.15, -0.1) is 0 Å². The van der Waals surface area contributed by atoms with E-state index in [4.69, 9.17) is 14.6 Å². The second kappa shape index (κ2) is 6.58. The third kappa shape index (κ3) is 3.82. The molecule has 1 aromatic rings. The number of aryl methyl sites for hydroxylation is 1. The molecule has 0 radical (unpaired) electrons. The van der Waals surface area contributed by atoms with Crippen molar-refractivity contribution in [2.45, 2.75) is 32.4 Å². The number of nitrogens with one attached hydrogen (secondary N) is 1. The van der Waals surface area contributed by atoms with Gasteiger partial charge in [0, 0.05) is 18.5 Å². The monoisotopic (exact) mass is 319 g/mol. The van der Waals surface area contributed by atoms with E-state index in [9.17, 15) is 9.59 Å². The Morgan fingerprint density at radius 2 is 2.22 bits per heavy atom. The van der Waals surface area contributed by atoms with Gasteiger partial charge in [0.2, 0.25) is 5.91 Å². The molecule has 1 aliphatic carbocycles. The Morgan fingerprint density at radius 3 is 2.87 bits per heavy atom. The van der Waals surface area contributed by atoms with Crippen LogP contribution in [0.25, 0.3) is 0 Å². The van der Waals surface area contributed by atoms with Crippen LogP contribution in [0, 0.1) is 18.8 Å². The van der Waals surface area contributed by atoms with Crippen molar-refractivity contribution in [1.29, 1.82) is 0 Å². The molecule has 1 aromatic carbocycles. The van der Waals surface area contributed by atoms with Crippen LogP contribution in [0.2, 0.25) is 0 Å². The molecule has 0 aromatic heterocycles. The zero-order valence-electron chi connectivity index (χ0n) is 13.1. The smallest absolute Gasteiger partial charge is 0.307 e. The Balaban J connectivity index is 1.60. The van der Waals surface area contributed by atoms with Gasteiger partial charge in [0.1, 0.15) is 11.9 Å². The van der Waals surface area contributed by atoms with Crippen molar-refractivity contribution in [3.63, 3.8) is 0 Å². The second-order valence-electron chi connectivity index (χ2n) is 6.22. The minimum Gasteiger partial charge on any atom is -0.488 e. The Morgan fingerprint density at radius 1 is 1.39 bits per heavy atom. The maximum atomic E-state index is 12.0. The summed E-state index contributed by atoms with van der Waals surface area (Å²) in [5, 5.41) is 11.7. The van der Waals surface area contributed by atoms with Crippen molar-refractivity contribution in [2.75, 3.05) is 13.2 Å². The Labute approximate surface area is 134 Å². The zero-order valence-corrected chi connectivity index (χ0v) is 13.1. The van der Waals surface area contributed by atoms with E-state index in [2.05, 4.69) is 5.32 Å². The highest BCUT2D eigenvalue weighted by Crippen LogP contribution is 2.38. The molecule has 1 heterocycles. The van der Waals surface area contributed by atoms with Gasteiger partial charge in [-0.3, -0.25) is 9.59 Å². The number of hydrogen-bond acceptors (Lipinski definition) is 4. The highest BCUT2D eigenvalue weighted by molar-refractivity contribution is 5.89. The van der Waals surface area contributed by atoms with E-state index in [1.165, 1.54) is 0 Å². The maximum absolute atomic E-state index is 12.0. The first-order valence-corrected chi connectivity index (χ1v) is 7.89. The van der Waals surface area contributed by atoms with Crippen LogP contribution in [0.3, 0.4) is 0 Å². The Hall–Kier alpha value is -2.08. The van der Waals surface area contributed by atoms with Crippen LogP contribution in [-0.4, -0.2) is 36.3 Å². The minimum absolute atomic E-state index is 0.0473. The molecule has 124 valence electrons. The number of carbonyl (C=O) groups excluding carboxylic acids is 1. The van der Waals surface area contributed by atoms with Crippen LogP contribution >= 0.6 is 0 Å². The number of carboxylic acids is 1. The Bertz CT molecular complexity index is 609. The molecule has 6 heteroatoms. The van der Waals surface area contributed by atoms with Crippen molar-refractivity contribution < 1.29 is 24.2 Å². The summed E-state index contributed by atoms with van der Waals surface area (Å²) in [7, 11) is 0. The number of amides is 1. The predicted octanol–water partition coefficient (Wildman–Crippen LogP) is 1.50. The molecule has 0 bridgehead atoms. The van der Waals surface area contributed by atoms with Crippen LogP contribution in [0.1, 0.15) is 24.0 Å². The van der Waals surface area contributed by atoms with Crippen molar-refractivity contribution in [1.82, 2.24) is 5.32 Å². The van der Waals surface area contributed by atoms with Gasteiger partial charge in [0.25, 0.3) is 0 Å². The molecule has 2 N–H and O–H groups in total. The number of aliphatic carboxylic acids is 1. The SMILES string of the molecule is Cc1ccc(CNC(=O)C2CC2C(=O)O)c(OC2CCOC2)c1. The van der Waals surface area contributed by atoms with Gasteiger partial charge < -0.3 is 19.9 Å². The van der Waals surface area contributed by atoms with Gasteiger partial charge in [0.05, 0.1) is 25.0 Å². The third-order valence-electron chi connectivity index (χ3n) is 4.30. The number of hydrogen-bond donors (Lipinski definition) is 2. The standard InChI is InChI=1S/C17H21NO5/c1-10-2-3-11(15(6-10)23-12-4-5-22-9-12)8-18-16(19)13-7-14(13)17(20)21/h2-3,6,12-14H,4-5,7-9H2,1H3,(H,18,19)(H,20,21). The van der Waals surface area contributed by atoms with Gasteiger partial charge in [-0.25, -0.2) is 0 Å². The Kier molecular flexibility index (Phi) is 4.52. The molecule has 1 amide bonds. The molecule has 23 heavy (non-hydrogen) atoms. The summed E-state index contributed by atoms with van der Waals surface area (Å²) in [5.41, 5.74) is 1.98. The quantitative estimate of drug-likeness (QED) is 0.830. The molecule has 2 aliphatic rings. The first kappa shape index (κ1) is 15.8. The summed E-state index contributed by atoms with van der Waals surface area (Å²) in [6.45, 7) is 3.62. The van der Waals surface area contributed by atoms with E-state index in [1.54, 1.807) is 0 Å². The molecular weight excluding hydrogens is 298 g/mol. The van der Waals surface area contributed by atoms with Gasteiger partial charge in [-0.1, -0.05) is 12.1 Å². The summed E-state index contributed by atoms with van der Waals surface area (Å²) in [6.07, 6.45) is 1.34. The van der Waals surface area contributed by atoms with Crippen LogP contribution in [0.15, 0.2) is 18.2 Å². The molecule has 3 atom stereocenters. The third-order valence-corrected chi connectivity index (χ3v) is 4.30. The largest absolute Gasteiger partial charge is 0.488 e. The van der Waals surface area contributed by atoms with Crippen molar-refractivity contribution in [3.8, 4) is 5.75 Å².